The van der Waals surface area contributed by atoms with E-state index in [-0.39, 0.29) is 0 Å². The molecular formula is C15H22N2O3. The van der Waals surface area contributed by atoms with E-state index in [2.05, 4.69) is 17.2 Å². The summed E-state index contributed by atoms with van der Waals surface area (Å²) < 4.78 is 9.88. The number of nitrogens with zero attached hydrogens (tertiary/aromatic N) is 1. The van der Waals surface area contributed by atoms with E-state index in [0.717, 1.165) is 12.2 Å². The maximum absolute atomic E-state index is 11.6. The molecule has 1 aromatic rings. The predicted octanol–water partition coefficient (Wildman–Crippen LogP) is 2.87. The second kappa shape index (κ2) is 6.59. The fourth-order valence-electron chi connectivity index (χ4n) is 2.66. The van der Waals surface area contributed by atoms with Crippen molar-refractivity contribution < 1.29 is 14.3 Å². The minimum atomic E-state index is -0.438. The van der Waals surface area contributed by atoms with Crippen molar-refractivity contribution in [1.82, 2.24) is 4.98 Å². The Balaban J connectivity index is 2.14. The quantitative estimate of drug-likeness (QED) is 0.858. The van der Waals surface area contributed by atoms with Crippen LogP contribution in [-0.4, -0.2) is 31.2 Å². The van der Waals surface area contributed by atoms with Crippen LogP contribution >= 0.6 is 0 Å². The second-order valence-corrected chi connectivity index (χ2v) is 5.26. The van der Waals surface area contributed by atoms with Crippen LogP contribution in [0, 0.1) is 5.92 Å². The first-order valence-corrected chi connectivity index (χ1v) is 7.05. The summed E-state index contributed by atoms with van der Waals surface area (Å²) in [7, 11) is 2.85. The number of nitrogens with one attached hydrogen (secondary N) is 1. The molecule has 2 rings (SSSR count). The van der Waals surface area contributed by atoms with Crippen molar-refractivity contribution in [2.75, 3.05) is 19.5 Å². The average Bonchev–Trinajstić information content (AvgIpc) is 2.48. The number of carbonyl (C=O) groups is 1. The smallest absolute Gasteiger partial charge is 0.343 e. The lowest BCUT2D eigenvalue weighted by atomic mass is 9.86. The van der Waals surface area contributed by atoms with E-state index >= 15 is 0 Å². The van der Waals surface area contributed by atoms with Crippen molar-refractivity contribution in [3.63, 3.8) is 0 Å². The van der Waals surface area contributed by atoms with Crippen LogP contribution in [0.25, 0.3) is 0 Å². The number of hydrogen-bond acceptors (Lipinski definition) is 5. The molecule has 0 aromatic carbocycles. The van der Waals surface area contributed by atoms with Crippen molar-refractivity contribution in [3.05, 3.63) is 17.7 Å². The maximum atomic E-state index is 11.6. The highest BCUT2D eigenvalue weighted by molar-refractivity contribution is 5.92. The van der Waals surface area contributed by atoms with E-state index < -0.39 is 5.97 Å². The highest BCUT2D eigenvalue weighted by Crippen LogP contribution is 2.27. The lowest BCUT2D eigenvalue weighted by molar-refractivity contribution is 0.0596. The lowest BCUT2D eigenvalue weighted by Gasteiger charge is -2.30. The molecule has 2 atom stereocenters. The van der Waals surface area contributed by atoms with Crippen molar-refractivity contribution in [1.29, 1.82) is 0 Å². The molecular weight excluding hydrogens is 256 g/mol. The minimum absolute atomic E-state index is 0.297. The van der Waals surface area contributed by atoms with Crippen molar-refractivity contribution in [3.8, 4) is 5.88 Å². The van der Waals surface area contributed by atoms with Crippen LogP contribution < -0.4 is 10.1 Å². The Labute approximate surface area is 119 Å². The van der Waals surface area contributed by atoms with Crippen molar-refractivity contribution in [2.45, 2.75) is 38.6 Å². The highest BCUT2D eigenvalue weighted by atomic mass is 16.5. The molecule has 0 aliphatic heterocycles. The number of ether oxygens (including phenoxy) is 2. The fourth-order valence-corrected chi connectivity index (χ4v) is 2.66. The first-order chi connectivity index (χ1) is 9.65. The first kappa shape index (κ1) is 14.6. The Morgan fingerprint density at radius 1 is 1.30 bits per heavy atom. The minimum Gasteiger partial charge on any atom is -0.480 e. The molecule has 1 aliphatic carbocycles. The number of carbonyl (C=O) groups excluding carboxylic acids is 1. The SMILES string of the molecule is COC(=O)c1ccc(NC2CCCCC2C)nc1OC. The number of methoxy groups -OCH3 is 2. The molecule has 1 heterocycles. The molecule has 1 aromatic heterocycles. The second-order valence-electron chi connectivity index (χ2n) is 5.26. The molecule has 0 amide bonds. The van der Waals surface area contributed by atoms with Crippen LogP contribution in [0.5, 0.6) is 5.88 Å². The van der Waals surface area contributed by atoms with Crippen molar-refractivity contribution >= 4 is 11.8 Å². The van der Waals surface area contributed by atoms with Gasteiger partial charge in [-0.15, -0.1) is 0 Å². The summed E-state index contributed by atoms with van der Waals surface area (Å²) in [6.45, 7) is 2.26. The standard InChI is InChI=1S/C15H22N2O3/c1-10-6-4-5-7-12(10)16-13-9-8-11(15(18)20-3)14(17-13)19-2/h8-10,12H,4-7H2,1-3H3,(H,16,17). The van der Waals surface area contributed by atoms with Gasteiger partial charge in [0.05, 0.1) is 14.2 Å². The summed E-state index contributed by atoms with van der Waals surface area (Å²) >= 11 is 0. The van der Waals surface area contributed by atoms with Gasteiger partial charge in [0.15, 0.2) is 0 Å². The van der Waals surface area contributed by atoms with Gasteiger partial charge in [-0.3, -0.25) is 0 Å². The summed E-state index contributed by atoms with van der Waals surface area (Å²) in [6.07, 6.45) is 4.95. The number of anilines is 1. The number of esters is 1. The van der Waals surface area contributed by atoms with Gasteiger partial charge in [-0.2, -0.15) is 4.98 Å². The predicted molar refractivity (Wildman–Crippen MR) is 77.2 cm³/mol. The molecule has 1 saturated carbocycles. The molecule has 5 nitrogen and oxygen atoms in total. The first-order valence-electron chi connectivity index (χ1n) is 7.05. The molecule has 0 radical (unpaired) electrons. The maximum Gasteiger partial charge on any atom is 0.343 e. The summed E-state index contributed by atoms with van der Waals surface area (Å²) in [5, 5.41) is 3.45. The van der Waals surface area contributed by atoms with Gasteiger partial charge >= 0.3 is 5.97 Å². The van der Waals surface area contributed by atoms with Gasteiger partial charge in [-0.25, -0.2) is 4.79 Å². The molecule has 5 heteroatoms. The normalized spacial score (nSPS) is 22.1. The molecule has 1 aliphatic rings. The molecule has 0 saturated heterocycles. The van der Waals surface area contributed by atoms with E-state index in [9.17, 15) is 4.79 Å². The Bertz CT molecular complexity index is 476. The fraction of sp³-hybridized carbons (Fsp3) is 0.600. The highest BCUT2D eigenvalue weighted by Gasteiger charge is 2.22. The molecule has 2 unspecified atom stereocenters. The molecule has 1 fully saturated rings. The van der Waals surface area contributed by atoms with Crippen LogP contribution in [0.15, 0.2) is 12.1 Å². The van der Waals surface area contributed by atoms with Gasteiger partial charge in [0.2, 0.25) is 5.88 Å². The van der Waals surface area contributed by atoms with Gasteiger partial charge in [0.1, 0.15) is 11.4 Å². The third kappa shape index (κ3) is 3.21. The van der Waals surface area contributed by atoms with Crippen LogP contribution in [0.4, 0.5) is 5.82 Å². The largest absolute Gasteiger partial charge is 0.480 e. The molecule has 0 spiro atoms. The zero-order chi connectivity index (χ0) is 14.5. The topological polar surface area (TPSA) is 60.5 Å². The summed E-state index contributed by atoms with van der Waals surface area (Å²) in [5.74, 6) is 1.24. The Kier molecular flexibility index (Phi) is 4.82. The number of hydrogen-bond donors (Lipinski definition) is 1. The van der Waals surface area contributed by atoms with E-state index in [1.54, 1.807) is 12.1 Å². The number of pyridine rings is 1. The van der Waals surface area contributed by atoms with Gasteiger partial charge in [-0.05, 0) is 30.9 Å². The zero-order valence-corrected chi connectivity index (χ0v) is 12.3. The van der Waals surface area contributed by atoms with Gasteiger partial charge in [0.25, 0.3) is 0 Å². The lowest BCUT2D eigenvalue weighted by Crippen LogP contribution is -2.30. The van der Waals surface area contributed by atoms with Gasteiger partial charge < -0.3 is 14.8 Å². The Morgan fingerprint density at radius 3 is 2.70 bits per heavy atom. The van der Waals surface area contributed by atoms with Gasteiger partial charge in [-0.1, -0.05) is 19.8 Å². The van der Waals surface area contributed by atoms with Gasteiger partial charge in [0, 0.05) is 6.04 Å². The summed E-state index contributed by atoms with van der Waals surface area (Å²) in [4.78, 5) is 15.9. The Hall–Kier alpha value is -1.78. The Morgan fingerprint density at radius 2 is 2.05 bits per heavy atom. The summed E-state index contributed by atoms with van der Waals surface area (Å²) in [6, 6.07) is 3.92. The van der Waals surface area contributed by atoms with E-state index in [0.29, 0.717) is 23.4 Å². The van der Waals surface area contributed by atoms with E-state index in [1.807, 2.05) is 0 Å². The van der Waals surface area contributed by atoms with Crippen molar-refractivity contribution in [2.24, 2.45) is 5.92 Å². The molecule has 1 N–H and O–H groups in total. The molecule has 0 bridgehead atoms. The molecule has 110 valence electrons. The summed E-state index contributed by atoms with van der Waals surface area (Å²) in [5.41, 5.74) is 0.345. The average molecular weight is 278 g/mol. The third-order valence-corrected chi connectivity index (χ3v) is 3.90. The van der Waals surface area contributed by atoms with E-state index in [1.165, 1.54) is 33.5 Å². The van der Waals surface area contributed by atoms with Crippen LogP contribution in [-0.2, 0) is 4.74 Å². The van der Waals surface area contributed by atoms with Crippen LogP contribution in [0.2, 0.25) is 0 Å². The third-order valence-electron chi connectivity index (χ3n) is 3.90. The monoisotopic (exact) mass is 278 g/mol. The number of aromatic nitrogens is 1. The number of rotatable bonds is 4. The zero-order valence-electron chi connectivity index (χ0n) is 12.3. The van der Waals surface area contributed by atoms with E-state index in [4.69, 9.17) is 9.47 Å². The molecule has 20 heavy (non-hydrogen) atoms. The van der Waals surface area contributed by atoms with Crippen LogP contribution in [0.1, 0.15) is 43.0 Å². The van der Waals surface area contributed by atoms with Crippen LogP contribution in [0.3, 0.4) is 0 Å².